The summed E-state index contributed by atoms with van der Waals surface area (Å²) in [5.41, 5.74) is 2.58. The Bertz CT molecular complexity index is 781. The van der Waals surface area contributed by atoms with Gasteiger partial charge in [0.25, 0.3) is 5.91 Å². The number of rotatable bonds is 4. The molecule has 2 rings (SSSR count). The third-order valence-corrected chi connectivity index (χ3v) is 3.89. The number of ether oxygens (including phenoxy) is 1. The topological polar surface area (TPSA) is 50.4 Å². The number of benzene rings is 2. The fourth-order valence-corrected chi connectivity index (χ4v) is 2.59. The lowest BCUT2D eigenvalue weighted by Gasteiger charge is -2.12. The first-order valence-electron chi connectivity index (χ1n) is 7.11. The zero-order valence-electron chi connectivity index (χ0n) is 13.2. The summed E-state index contributed by atoms with van der Waals surface area (Å²) in [4.78, 5) is 11.9. The van der Waals surface area contributed by atoms with E-state index in [4.69, 9.17) is 40.2 Å². The summed E-state index contributed by atoms with van der Waals surface area (Å²) in [6.07, 6.45) is 0. The highest BCUT2D eigenvalue weighted by atomic mass is 35.5. The van der Waals surface area contributed by atoms with Crippen molar-refractivity contribution in [2.24, 2.45) is 0 Å². The van der Waals surface area contributed by atoms with E-state index in [-0.39, 0.29) is 17.6 Å². The molecule has 0 radical (unpaired) electrons. The molecule has 1 amide bonds. The number of halogens is 2. The molecule has 2 aromatic carbocycles. The summed E-state index contributed by atoms with van der Waals surface area (Å²) >= 11 is 17.0. The van der Waals surface area contributed by atoms with Crippen molar-refractivity contribution in [2.45, 2.75) is 13.8 Å². The van der Waals surface area contributed by atoms with Crippen LogP contribution in [0, 0.1) is 13.8 Å². The molecule has 2 aromatic rings. The molecule has 0 heterocycles. The average molecular weight is 383 g/mol. The van der Waals surface area contributed by atoms with Gasteiger partial charge in [0, 0.05) is 5.02 Å². The van der Waals surface area contributed by atoms with Gasteiger partial charge in [-0.2, -0.15) is 0 Å². The van der Waals surface area contributed by atoms with Crippen LogP contribution in [0.4, 0.5) is 5.69 Å². The van der Waals surface area contributed by atoms with Gasteiger partial charge in [0.2, 0.25) is 0 Å². The smallest absolute Gasteiger partial charge is 0.264 e. The molecule has 0 atom stereocenters. The van der Waals surface area contributed by atoms with Gasteiger partial charge in [-0.25, -0.2) is 0 Å². The summed E-state index contributed by atoms with van der Waals surface area (Å²) < 4.78 is 5.53. The highest BCUT2D eigenvalue weighted by Gasteiger charge is 2.09. The highest BCUT2D eigenvalue weighted by molar-refractivity contribution is 7.80. The Hall–Kier alpha value is -1.82. The number of hydrogen-bond donors (Lipinski definition) is 2. The molecule has 7 heteroatoms. The Morgan fingerprint density at radius 2 is 1.92 bits per heavy atom. The maximum Gasteiger partial charge on any atom is 0.264 e. The lowest BCUT2D eigenvalue weighted by atomic mass is 10.1. The Morgan fingerprint density at radius 1 is 1.17 bits per heavy atom. The van der Waals surface area contributed by atoms with Crippen LogP contribution in [0.2, 0.25) is 10.0 Å². The molecule has 126 valence electrons. The van der Waals surface area contributed by atoms with Crippen molar-refractivity contribution in [2.75, 3.05) is 11.9 Å². The van der Waals surface area contributed by atoms with Crippen LogP contribution >= 0.6 is 35.4 Å². The van der Waals surface area contributed by atoms with Crippen LogP contribution < -0.4 is 15.4 Å². The van der Waals surface area contributed by atoms with Crippen LogP contribution in [0.3, 0.4) is 0 Å². The van der Waals surface area contributed by atoms with Crippen LogP contribution in [0.15, 0.2) is 36.4 Å². The van der Waals surface area contributed by atoms with Gasteiger partial charge < -0.3 is 10.1 Å². The Balaban J connectivity index is 1.87. The van der Waals surface area contributed by atoms with Crippen molar-refractivity contribution in [3.05, 3.63) is 57.6 Å². The SMILES string of the molecule is Cc1ccc(C)c(OCC(=O)NC(=S)Nc2ccc(Cl)cc2Cl)c1. The molecule has 0 aliphatic rings. The van der Waals surface area contributed by atoms with Crippen molar-refractivity contribution in [1.82, 2.24) is 5.32 Å². The fourth-order valence-electron chi connectivity index (χ4n) is 1.91. The minimum Gasteiger partial charge on any atom is -0.483 e. The van der Waals surface area contributed by atoms with E-state index in [0.717, 1.165) is 11.1 Å². The van der Waals surface area contributed by atoms with Crippen molar-refractivity contribution < 1.29 is 9.53 Å². The number of anilines is 1. The standard InChI is InChI=1S/C17H16Cl2N2O2S/c1-10-3-4-11(2)15(7-10)23-9-16(22)21-17(24)20-14-6-5-12(18)8-13(14)19/h3-8H,9H2,1-2H3,(H2,20,21,22,24). The molecule has 0 aliphatic carbocycles. The van der Waals surface area contributed by atoms with Crippen LogP contribution in [-0.2, 0) is 4.79 Å². The molecule has 0 aromatic heterocycles. The number of amides is 1. The summed E-state index contributed by atoms with van der Waals surface area (Å²) in [5, 5.41) is 6.44. The number of nitrogens with one attached hydrogen (secondary N) is 2. The predicted octanol–water partition coefficient (Wildman–Crippen LogP) is 4.50. The molecule has 4 nitrogen and oxygen atoms in total. The fraction of sp³-hybridized carbons (Fsp3) is 0.176. The van der Waals surface area contributed by atoms with Gasteiger partial charge in [-0.05, 0) is 61.5 Å². The van der Waals surface area contributed by atoms with E-state index in [9.17, 15) is 4.79 Å². The van der Waals surface area contributed by atoms with Crippen molar-refractivity contribution in [1.29, 1.82) is 0 Å². The molecule has 0 aliphatic heterocycles. The predicted molar refractivity (Wildman–Crippen MR) is 102 cm³/mol. The first-order valence-corrected chi connectivity index (χ1v) is 8.27. The number of aryl methyl sites for hydroxylation is 2. The second-order valence-corrected chi connectivity index (χ2v) is 6.44. The van der Waals surface area contributed by atoms with E-state index in [2.05, 4.69) is 10.6 Å². The van der Waals surface area contributed by atoms with Crippen LogP contribution in [0.25, 0.3) is 0 Å². The summed E-state index contributed by atoms with van der Waals surface area (Å²) in [5.74, 6) is 0.309. The van der Waals surface area contributed by atoms with Gasteiger partial charge in [0.1, 0.15) is 5.75 Å². The molecule has 0 fully saturated rings. The largest absolute Gasteiger partial charge is 0.483 e. The average Bonchev–Trinajstić information content (AvgIpc) is 2.51. The van der Waals surface area contributed by atoms with Crippen LogP contribution in [0.1, 0.15) is 11.1 Å². The van der Waals surface area contributed by atoms with Crippen molar-refractivity contribution in [3.63, 3.8) is 0 Å². The molecule has 0 saturated carbocycles. The first kappa shape index (κ1) is 18.5. The van der Waals surface area contributed by atoms with E-state index in [0.29, 0.717) is 21.5 Å². The molecule has 0 spiro atoms. The van der Waals surface area contributed by atoms with E-state index in [1.807, 2.05) is 32.0 Å². The Labute approximate surface area is 156 Å². The number of hydrogen-bond acceptors (Lipinski definition) is 3. The second-order valence-electron chi connectivity index (χ2n) is 5.18. The third kappa shape index (κ3) is 5.37. The third-order valence-electron chi connectivity index (χ3n) is 3.13. The maximum atomic E-state index is 11.9. The van der Waals surface area contributed by atoms with Gasteiger partial charge in [0.15, 0.2) is 11.7 Å². The molecular weight excluding hydrogens is 367 g/mol. The second kappa shape index (κ2) is 8.33. The first-order chi connectivity index (χ1) is 11.3. The van der Waals surface area contributed by atoms with Crippen LogP contribution in [-0.4, -0.2) is 17.6 Å². The Kier molecular flexibility index (Phi) is 6.43. The van der Waals surface area contributed by atoms with E-state index >= 15 is 0 Å². The highest BCUT2D eigenvalue weighted by Crippen LogP contribution is 2.25. The summed E-state index contributed by atoms with van der Waals surface area (Å²) in [6.45, 7) is 3.74. The summed E-state index contributed by atoms with van der Waals surface area (Å²) in [6, 6.07) is 10.7. The molecule has 0 saturated heterocycles. The number of carbonyl (C=O) groups is 1. The zero-order chi connectivity index (χ0) is 17.7. The van der Waals surface area contributed by atoms with Gasteiger partial charge in [-0.15, -0.1) is 0 Å². The van der Waals surface area contributed by atoms with Crippen molar-refractivity contribution >= 4 is 52.1 Å². The Morgan fingerprint density at radius 3 is 2.62 bits per heavy atom. The lowest BCUT2D eigenvalue weighted by Crippen LogP contribution is -2.37. The molecule has 0 unspecified atom stereocenters. The molecule has 0 bridgehead atoms. The monoisotopic (exact) mass is 382 g/mol. The zero-order valence-corrected chi connectivity index (χ0v) is 15.5. The van der Waals surface area contributed by atoms with Crippen molar-refractivity contribution in [3.8, 4) is 5.75 Å². The quantitative estimate of drug-likeness (QED) is 0.764. The van der Waals surface area contributed by atoms with Crippen LogP contribution in [0.5, 0.6) is 5.75 Å². The van der Waals surface area contributed by atoms with E-state index < -0.39 is 0 Å². The minimum absolute atomic E-state index is 0.133. The summed E-state index contributed by atoms with van der Waals surface area (Å²) in [7, 11) is 0. The molecule has 2 N–H and O–H groups in total. The van der Waals surface area contributed by atoms with E-state index in [1.54, 1.807) is 18.2 Å². The maximum absolute atomic E-state index is 11.9. The molecule has 24 heavy (non-hydrogen) atoms. The number of thiocarbonyl (C=S) groups is 1. The van der Waals surface area contributed by atoms with E-state index in [1.165, 1.54) is 0 Å². The minimum atomic E-state index is -0.363. The molecular formula is C17H16Cl2N2O2S. The van der Waals surface area contributed by atoms with Gasteiger partial charge in [0.05, 0.1) is 10.7 Å². The van der Waals surface area contributed by atoms with Gasteiger partial charge in [-0.1, -0.05) is 35.3 Å². The van der Waals surface area contributed by atoms with Gasteiger partial charge in [-0.3, -0.25) is 10.1 Å². The normalized spacial score (nSPS) is 10.2. The number of carbonyl (C=O) groups excluding carboxylic acids is 1. The van der Waals surface area contributed by atoms with Gasteiger partial charge >= 0.3 is 0 Å². The lowest BCUT2D eigenvalue weighted by molar-refractivity contribution is -0.121.